The molecule has 4 rings (SSSR count). The zero-order valence-corrected chi connectivity index (χ0v) is 18.6. The second-order valence-electron chi connectivity index (χ2n) is 8.51. The molecule has 31 heavy (non-hydrogen) atoms. The summed E-state index contributed by atoms with van der Waals surface area (Å²) in [5.41, 5.74) is 2.48. The van der Waals surface area contributed by atoms with Gasteiger partial charge in [0.2, 0.25) is 5.91 Å². The summed E-state index contributed by atoms with van der Waals surface area (Å²) in [5.74, 6) is 0.877. The first-order chi connectivity index (χ1) is 15.0. The van der Waals surface area contributed by atoms with Crippen molar-refractivity contribution in [3.63, 3.8) is 0 Å². The fourth-order valence-corrected chi connectivity index (χ4v) is 4.26. The van der Waals surface area contributed by atoms with E-state index in [9.17, 15) is 4.79 Å². The van der Waals surface area contributed by atoms with Crippen LogP contribution in [0.25, 0.3) is 10.8 Å². The molecule has 4 nitrogen and oxygen atoms in total. The van der Waals surface area contributed by atoms with Crippen LogP contribution in [-0.2, 0) is 14.9 Å². The van der Waals surface area contributed by atoms with E-state index in [1.807, 2.05) is 36.4 Å². The quantitative estimate of drug-likeness (QED) is 0.534. The number of aryl methyl sites for hydroxylation is 1. The zero-order chi connectivity index (χ0) is 21.8. The Morgan fingerprint density at radius 2 is 1.71 bits per heavy atom. The van der Waals surface area contributed by atoms with Crippen molar-refractivity contribution < 1.29 is 14.3 Å². The largest absolute Gasteiger partial charge is 0.490 e. The Kier molecular flexibility index (Phi) is 6.28. The summed E-state index contributed by atoms with van der Waals surface area (Å²) in [7, 11) is 0. The van der Waals surface area contributed by atoms with Gasteiger partial charge >= 0.3 is 0 Å². The van der Waals surface area contributed by atoms with Gasteiger partial charge in [0.1, 0.15) is 5.75 Å². The van der Waals surface area contributed by atoms with E-state index in [-0.39, 0.29) is 12.0 Å². The first kappa shape index (κ1) is 21.4. The van der Waals surface area contributed by atoms with Gasteiger partial charge in [0.25, 0.3) is 0 Å². The predicted octanol–water partition coefficient (Wildman–Crippen LogP) is 6.01. The van der Waals surface area contributed by atoms with Gasteiger partial charge in [-0.05, 0) is 50.8 Å². The maximum absolute atomic E-state index is 13.7. The number of hydrogen-bond donors (Lipinski definition) is 1. The fraction of sp³-hybridized carbons (Fsp3) is 0.370. The van der Waals surface area contributed by atoms with Crippen molar-refractivity contribution >= 4 is 22.4 Å². The molecule has 1 aliphatic heterocycles. The Hall–Kier alpha value is -2.85. The highest BCUT2D eigenvalue weighted by atomic mass is 16.5. The maximum atomic E-state index is 13.7. The summed E-state index contributed by atoms with van der Waals surface area (Å²) < 4.78 is 11.7. The van der Waals surface area contributed by atoms with E-state index in [0.29, 0.717) is 26.1 Å². The van der Waals surface area contributed by atoms with Crippen molar-refractivity contribution in [2.45, 2.75) is 51.6 Å². The van der Waals surface area contributed by atoms with Gasteiger partial charge in [-0.3, -0.25) is 4.79 Å². The van der Waals surface area contributed by atoms with Crippen molar-refractivity contribution in [2.24, 2.45) is 0 Å². The number of anilines is 1. The molecule has 0 radical (unpaired) electrons. The summed E-state index contributed by atoms with van der Waals surface area (Å²) >= 11 is 0. The van der Waals surface area contributed by atoms with Crippen LogP contribution >= 0.6 is 0 Å². The molecule has 3 aromatic carbocycles. The number of fused-ring (bicyclic) bond motifs is 1. The van der Waals surface area contributed by atoms with Crippen LogP contribution < -0.4 is 10.1 Å². The third-order valence-corrected chi connectivity index (χ3v) is 6.42. The minimum atomic E-state index is -0.584. The van der Waals surface area contributed by atoms with Crippen molar-refractivity contribution in [3.05, 3.63) is 71.8 Å². The highest BCUT2D eigenvalue weighted by molar-refractivity contribution is 6.07. The number of carbonyl (C=O) groups excluding carboxylic acids is 1. The van der Waals surface area contributed by atoms with Crippen LogP contribution in [0.15, 0.2) is 60.7 Å². The molecule has 4 heteroatoms. The van der Waals surface area contributed by atoms with Crippen molar-refractivity contribution in [3.8, 4) is 5.75 Å². The summed E-state index contributed by atoms with van der Waals surface area (Å²) in [4.78, 5) is 13.7. The van der Waals surface area contributed by atoms with E-state index in [1.165, 1.54) is 5.56 Å². The lowest BCUT2D eigenvalue weighted by Gasteiger charge is -2.36. The van der Waals surface area contributed by atoms with Gasteiger partial charge in [-0.1, -0.05) is 61.0 Å². The molecular weight excluding hydrogens is 386 g/mol. The Bertz CT molecular complexity index is 1050. The van der Waals surface area contributed by atoms with E-state index < -0.39 is 5.41 Å². The molecule has 1 N–H and O–H groups in total. The molecule has 0 aromatic heterocycles. The molecule has 162 valence electrons. The molecule has 0 bridgehead atoms. The van der Waals surface area contributed by atoms with E-state index >= 15 is 0 Å². The Balaban J connectivity index is 1.69. The maximum Gasteiger partial charge on any atom is 0.235 e. The lowest BCUT2D eigenvalue weighted by Crippen LogP contribution is -2.44. The number of carbonyl (C=O) groups is 1. The lowest BCUT2D eigenvalue weighted by atomic mass is 9.73. The highest BCUT2D eigenvalue weighted by Gasteiger charge is 2.41. The molecule has 1 heterocycles. The van der Waals surface area contributed by atoms with Gasteiger partial charge in [-0.2, -0.15) is 0 Å². The molecule has 1 saturated heterocycles. The average Bonchev–Trinajstić information content (AvgIpc) is 2.81. The highest BCUT2D eigenvalue weighted by Crippen LogP contribution is 2.38. The summed E-state index contributed by atoms with van der Waals surface area (Å²) in [6, 6.07) is 20.3. The minimum Gasteiger partial charge on any atom is -0.490 e. The average molecular weight is 418 g/mol. The van der Waals surface area contributed by atoms with Gasteiger partial charge in [-0.15, -0.1) is 0 Å². The number of amides is 1. The molecule has 1 unspecified atom stereocenters. The van der Waals surface area contributed by atoms with Crippen LogP contribution in [0.5, 0.6) is 5.75 Å². The second-order valence-corrected chi connectivity index (χ2v) is 8.51. The third-order valence-electron chi connectivity index (χ3n) is 6.42. The van der Waals surface area contributed by atoms with Crippen LogP contribution in [0, 0.1) is 6.92 Å². The SMILES string of the molecule is CCC(C)Oc1ccc(NC(=O)C2(c3ccc(C)cc3)CCOCC2)c2ccccc12. The van der Waals surface area contributed by atoms with E-state index in [0.717, 1.165) is 34.2 Å². The summed E-state index contributed by atoms with van der Waals surface area (Å²) in [6.07, 6.45) is 2.42. The first-order valence-corrected chi connectivity index (χ1v) is 11.2. The second kappa shape index (κ2) is 9.11. The topological polar surface area (TPSA) is 47.6 Å². The summed E-state index contributed by atoms with van der Waals surface area (Å²) in [6.45, 7) is 7.42. The van der Waals surface area contributed by atoms with Crippen LogP contribution in [-0.4, -0.2) is 25.2 Å². The molecule has 1 atom stereocenters. The van der Waals surface area contributed by atoms with Crippen molar-refractivity contribution in [2.75, 3.05) is 18.5 Å². The van der Waals surface area contributed by atoms with Gasteiger partial charge < -0.3 is 14.8 Å². The van der Waals surface area contributed by atoms with E-state index in [1.54, 1.807) is 0 Å². The molecule has 1 fully saturated rings. The molecule has 0 saturated carbocycles. The van der Waals surface area contributed by atoms with Gasteiger partial charge in [0.15, 0.2) is 0 Å². The lowest BCUT2D eigenvalue weighted by molar-refractivity contribution is -0.125. The zero-order valence-electron chi connectivity index (χ0n) is 18.6. The normalized spacial score (nSPS) is 16.6. The number of ether oxygens (including phenoxy) is 2. The van der Waals surface area contributed by atoms with Crippen molar-refractivity contribution in [1.29, 1.82) is 0 Å². The van der Waals surface area contributed by atoms with Crippen molar-refractivity contribution in [1.82, 2.24) is 0 Å². The summed E-state index contributed by atoms with van der Waals surface area (Å²) in [5, 5.41) is 5.25. The Morgan fingerprint density at radius 1 is 1.03 bits per heavy atom. The molecule has 1 aliphatic rings. The third kappa shape index (κ3) is 4.31. The van der Waals surface area contributed by atoms with Gasteiger partial charge in [0, 0.05) is 29.7 Å². The number of hydrogen-bond acceptors (Lipinski definition) is 3. The molecule has 3 aromatic rings. The van der Waals surface area contributed by atoms with Crippen LogP contribution in [0.1, 0.15) is 44.2 Å². The number of benzene rings is 3. The van der Waals surface area contributed by atoms with E-state index in [4.69, 9.17) is 9.47 Å². The Morgan fingerprint density at radius 3 is 2.39 bits per heavy atom. The van der Waals surface area contributed by atoms with Crippen LogP contribution in [0.3, 0.4) is 0 Å². The number of nitrogens with one attached hydrogen (secondary N) is 1. The monoisotopic (exact) mass is 417 g/mol. The molecule has 1 amide bonds. The Labute approximate surface area is 184 Å². The van der Waals surface area contributed by atoms with Gasteiger partial charge in [0.05, 0.1) is 11.5 Å². The molecular formula is C27H31NO3. The standard InChI is InChI=1S/C27H31NO3/c1-4-20(3)31-25-14-13-24(22-7-5-6-8-23(22)25)28-26(29)27(15-17-30-18-16-27)21-11-9-19(2)10-12-21/h5-14,20H,4,15-18H2,1-3H3,(H,28,29). The van der Waals surface area contributed by atoms with Crippen LogP contribution in [0.4, 0.5) is 5.69 Å². The smallest absolute Gasteiger partial charge is 0.235 e. The first-order valence-electron chi connectivity index (χ1n) is 11.2. The fourth-order valence-electron chi connectivity index (χ4n) is 4.26. The minimum absolute atomic E-state index is 0.0281. The predicted molar refractivity (Wildman–Crippen MR) is 126 cm³/mol. The van der Waals surface area contributed by atoms with Crippen LogP contribution in [0.2, 0.25) is 0 Å². The van der Waals surface area contributed by atoms with E-state index in [2.05, 4.69) is 50.4 Å². The molecule has 0 spiro atoms. The molecule has 0 aliphatic carbocycles. The van der Waals surface area contributed by atoms with Gasteiger partial charge in [-0.25, -0.2) is 0 Å². The number of rotatable bonds is 6.